The van der Waals surface area contributed by atoms with Crippen LogP contribution in [0.1, 0.15) is 18.4 Å². The predicted molar refractivity (Wildman–Crippen MR) is 104 cm³/mol. The highest BCUT2D eigenvalue weighted by Crippen LogP contribution is 2.32. The van der Waals surface area contributed by atoms with Crippen molar-refractivity contribution < 1.29 is 21.9 Å². The van der Waals surface area contributed by atoms with Crippen LogP contribution in [0.3, 0.4) is 0 Å². The van der Waals surface area contributed by atoms with E-state index in [1.807, 2.05) is 18.2 Å². The van der Waals surface area contributed by atoms with Crippen LogP contribution in [0.5, 0.6) is 5.19 Å². The zero-order valence-electron chi connectivity index (χ0n) is 14.8. The van der Waals surface area contributed by atoms with E-state index in [0.717, 1.165) is 23.0 Å². The van der Waals surface area contributed by atoms with Gasteiger partial charge in [0.15, 0.2) is 5.82 Å². The number of hydrogen-bond acceptors (Lipinski definition) is 5. The summed E-state index contributed by atoms with van der Waals surface area (Å²) in [6.45, 7) is 0.710. The molecular formula is C19H18F2N2O3S2. The lowest BCUT2D eigenvalue weighted by Crippen LogP contribution is -2.42. The van der Waals surface area contributed by atoms with Gasteiger partial charge in [0.1, 0.15) is 17.4 Å². The van der Waals surface area contributed by atoms with Gasteiger partial charge in [-0.15, -0.1) is 0 Å². The number of fused-ring (bicyclic) bond motifs is 1. The lowest BCUT2D eigenvalue weighted by atomic mass is 10.1. The Morgan fingerprint density at radius 2 is 1.86 bits per heavy atom. The number of benzene rings is 2. The van der Waals surface area contributed by atoms with Crippen molar-refractivity contribution >= 4 is 31.6 Å². The minimum absolute atomic E-state index is 0.0257. The van der Waals surface area contributed by atoms with Gasteiger partial charge in [-0.05, 0) is 24.5 Å². The Balaban J connectivity index is 1.38. The molecule has 0 radical (unpaired) electrons. The molecule has 0 bridgehead atoms. The minimum Gasteiger partial charge on any atom is -0.467 e. The van der Waals surface area contributed by atoms with Crippen LogP contribution in [0.4, 0.5) is 8.78 Å². The standard InChI is InChI=1S/C19H18F2N2O3S2/c20-14-10-16(21)18-17(11-14)27-19(22-18)26-15-6-8-23(9-7-15)28(24,25)12-13-4-2-1-3-5-13/h1-5,10-11,15H,6-9,12H2. The first kappa shape index (κ1) is 19.2. The third-order valence-electron chi connectivity index (χ3n) is 4.65. The van der Waals surface area contributed by atoms with Crippen LogP contribution >= 0.6 is 11.3 Å². The fraction of sp³-hybridized carbons (Fsp3) is 0.316. The number of rotatable bonds is 5. The highest BCUT2D eigenvalue weighted by molar-refractivity contribution is 7.88. The number of halogens is 2. The normalized spacial score (nSPS) is 16.5. The van der Waals surface area contributed by atoms with Crippen LogP contribution in [-0.4, -0.2) is 36.9 Å². The van der Waals surface area contributed by atoms with Gasteiger partial charge in [0.2, 0.25) is 10.0 Å². The number of aromatic nitrogens is 1. The maximum Gasteiger partial charge on any atom is 0.274 e. The second-order valence-corrected chi connectivity index (χ2v) is 9.63. The molecule has 148 valence electrons. The second kappa shape index (κ2) is 7.73. The first-order valence-corrected chi connectivity index (χ1v) is 11.3. The van der Waals surface area contributed by atoms with Crippen molar-refractivity contribution in [3.63, 3.8) is 0 Å². The molecule has 1 aliphatic rings. The molecule has 1 aliphatic heterocycles. The Labute approximate surface area is 165 Å². The van der Waals surface area contributed by atoms with Crippen LogP contribution in [0.2, 0.25) is 0 Å². The SMILES string of the molecule is O=S(=O)(Cc1ccccc1)N1CCC(Oc2nc3c(F)cc(F)cc3s2)CC1. The fourth-order valence-corrected chi connectivity index (χ4v) is 5.72. The van der Waals surface area contributed by atoms with E-state index in [2.05, 4.69) is 4.98 Å². The predicted octanol–water partition coefficient (Wildman–Crippen LogP) is 3.95. The first-order valence-electron chi connectivity index (χ1n) is 8.85. The summed E-state index contributed by atoms with van der Waals surface area (Å²) in [5, 5.41) is 0.269. The molecule has 0 amide bonds. The van der Waals surface area contributed by atoms with E-state index in [4.69, 9.17) is 4.74 Å². The van der Waals surface area contributed by atoms with Gasteiger partial charge in [-0.2, -0.15) is 4.98 Å². The summed E-state index contributed by atoms with van der Waals surface area (Å²) in [7, 11) is -3.39. The second-order valence-electron chi connectivity index (χ2n) is 6.67. The van der Waals surface area contributed by atoms with Crippen LogP contribution < -0.4 is 4.74 Å². The van der Waals surface area contributed by atoms with Gasteiger partial charge in [0, 0.05) is 19.2 Å². The van der Waals surface area contributed by atoms with E-state index < -0.39 is 21.7 Å². The molecule has 0 spiro atoms. The smallest absolute Gasteiger partial charge is 0.274 e. The maximum absolute atomic E-state index is 13.8. The molecule has 1 aromatic heterocycles. The molecule has 1 fully saturated rings. The van der Waals surface area contributed by atoms with Gasteiger partial charge in [0.25, 0.3) is 5.19 Å². The monoisotopic (exact) mass is 424 g/mol. The molecule has 2 heterocycles. The number of sulfonamides is 1. The van der Waals surface area contributed by atoms with Crippen molar-refractivity contribution in [2.75, 3.05) is 13.1 Å². The first-order chi connectivity index (χ1) is 13.4. The number of piperidine rings is 1. The summed E-state index contributed by atoms with van der Waals surface area (Å²) in [5.74, 6) is -1.40. The van der Waals surface area contributed by atoms with Crippen LogP contribution in [-0.2, 0) is 15.8 Å². The van der Waals surface area contributed by atoms with Gasteiger partial charge in [0.05, 0.1) is 10.5 Å². The van der Waals surface area contributed by atoms with Gasteiger partial charge in [-0.3, -0.25) is 0 Å². The van der Waals surface area contributed by atoms with Crippen molar-refractivity contribution in [2.24, 2.45) is 0 Å². The van der Waals surface area contributed by atoms with Crippen molar-refractivity contribution in [2.45, 2.75) is 24.7 Å². The zero-order valence-corrected chi connectivity index (χ0v) is 16.5. The lowest BCUT2D eigenvalue weighted by molar-refractivity contribution is 0.135. The molecule has 9 heteroatoms. The fourth-order valence-electron chi connectivity index (χ4n) is 3.23. The maximum atomic E-state index is 13.8. The van der Waals surface area contributed by atoms with Crippen molar-refractivity contribution in [1.82, 2.24) is 9.29 Å². The van der Waals surface area contributed by atoms with Crippen molar-refractivity contribution in [3.05, 3.63) is 59.7 Å². The molecule has 28 heavy (non-hydrogen) atoms. The van der Waals surface area contributed by atoms with Gasteiger partial charge >= 0.3 is 0 Å². The largest absolute Gasteiger partial charge is 0.467 e. The average Bonchev–Trinajstić information content (AvgIpc) is 3.05. The summed E-state index contributed by atoms with van der Waals surface area (Å²) >= 11 is 1.08. The number of thiazole rings is 1. The Bertz CT molecular complexity index is 1080. The molecule has 0 N–H and O–H groups in total. The van der Waals surface area contributed by atoms with E-state index in [1.165, 1.54) is 10.4 Å². The van der Waals surface area contributed by atoms with Crippen LogP contribution in [0, 0.1) is 11.6 Å². The molecule has 0 unspecified atom stereocenters. The Kier molecular flexibility index (Phi) is 5.31. The average molecular weight is 424 g/mol. The number of hydrogen-bond donors (Lipinski definition) is 0. The third kappa shape index (κ3) is 4.16. The highest BCUT2D eigenvalue weighted by Gasteiger charge is 2.29. The van der Waals surface area contributed by atoms with Gasteiger partial charge < -0.3 is 4.74 Å². The molecule has 4 rings (SSSR count). The Morgan fingerprint density at radius 1 is 1.14 bits per heavy atom. The van der Waals surface area contributed by atoms with E-state index in [9.17, 15) is 17.2 Å². The van der Waals surface area contributed by atoms with Gasteiger partial charge in [-0.1, -0.05) is 41.7 Å². The summed E-state index contributed by atoms with van der Waals surface area (Å²) in [6, 6.07) is 11.1. The summed E-state index contributed by atoms with van der Waals surface area (Å²) < 4.78 is 60.0. The summed E-state index contributed by atoms with van der Waals surface area (Å²) in [5.41, 5.74) is 0.842. The Morgan fingerprint density at radius 3 is 2.57 bits per heavy atom. The highest BCUT2D eigenvalue weighted by atomic mass is 32.2. The molecule has 0 atom stereocenters. The van der Waals surface area contributed by atoms with Crippen molar-refractivity contribution in [1.29, 1.82) is 0 Å². The van der Waals surface area contributed by atoms with Crippen LogP contribution in [0.25, 0.3) is 10.2 Å². The third-order valence-corrected chi connectivity index (χ3v) is 7.39. The molecule has 2 aromatic carbocycles. The van der Waals surface area contributed by atoms with Gasteiger partial charge in [-0.25, -0.2) is 21.5 Å². The molecular weight excluding hydrogens is 406 g/mol. The topological polar surface area (TPSA) is 59.5 Å². The van der Waals surface area contributed by atoms with E-state index in [-0.39, 0.29) is 22.6 Å². The van der Waals surface area contributed by atoms with E-state index >= 15 is 0 Å². The molecule has 3 aromatic rings. The molecule has 0 aliphatic carbocycles. The number of nitrogens with zero attached hydrogens (tertiary/aromatic N) is 2. The Hall–Kier alpha value is -2.10. The molecule has 1 saturated heterocycles. The lowest BCUT2D eigenvalue weighted by Gasteiger charge is -2.30. The summed E-state index contributed by atoms with van der Waals surface area (Å²) in [6.07, 6.45) is 0.818. The minimum atomic E-state index is -3.39. The van der Waals surface area contributed by atoms with E-state index in [0.29, 0.717) is 30.6 Å². The zero-order chi connectivity index (χ0) is 19.7. The number of ether oxygens (including phenoxy) is 1. The quantitative estimate of drug-likeness (QED) is 0.622. The van der Waals surface area contributed by atoms with Crippen LogP contribution in [0.15, 0.2) is 42.5 Å². The van der Waals surface area contributed by atoms with E-state index in [1.54, 1.807) is 12.1 Å². The summed E-state index contributed by atoms with van der Waals surface area (Å²) in [4.78, 5) is 4.09. The van der Waals surface area contributed by atoms with Crippen molar-refractivity contribution in [3.8, 4) is 5.19 Å². The molecule has 5 nitrogen and oxygen atoms in total. The molecule has 0 saturated carbocycles.